The van der Waals surface area contributed by atoms with Crippen molar-refractivity contribution in [1.29, 1.82) is 0 Å². The van der Waals surface area contributed by atoms with Crippen molar-refractivity contribution in [3.8, 4) is 34.1 Å². The second-order valence-electron chi connectivity index (χ2n) is 8.87. The molecule has 3 aromatic heterocycles. The van der Waals surface area contributed by atoms with Gasteiger partial charge in [0.05, 0.1) is 34.5 Å². The Morgan fingerprint density at radius 3 is 2.67 bits per heavy atom. The van der Waals surface area contributed by atoms with Gasteiger partial charge in [-0.15, -0.1) is 11.3 Å². The number of halogens is 5. The Morgan fingerprint density at radius 2 is 1.95 bits per heavy atom. The number of nitrogens with one attached hydrogen (secondary N) is 1. The van der Waals surface area contributed by atoms with E-state index in [2.05, 4.69) is 19.6 Å². The zero-order valence-corrected chi connectivity index (χ0v) is 22.5. The van der Waals surface area contributed by atoms with Crippen molar-refractivity contribution >= 4 is 31.5 Å². The summed E-state index contributed by atoms with van der Waals surface area (Å²) in [6.45, 7) is 2.81. The molecule has 4 aromatic rings. The van der Waals surface area contributed by atoms with Crippen LogP contribution in [0.1, 0.15) is 12.6 Å². The Kier molecular flexibility index (Phi) is 7.45. The Balaban J connectivity index is 1.80. The van der Waals surface area contributed by atoms with Crippen LogP contribution in [-0.2, 0) is 27.9 Å². The summed E-state index contributed by atoms with van der Waals surface area (Å²) in [5.41, 5.74) is -5.32. The van der Waals surface area contributed by atoms with E-state index in [9.17, 15) is 26.0 Å². The van der Waals surface area contributed by atoms with Crippen LogP contribution in [-0.4, -0.2) is 55.1 Å². The summed E-state index contributed by atoms with van der Waals surface area (Å²) in [7, 11) is -4.68. The van der Waals surface area contributed by atoms with Crippen LogP contribution in [0.2, 0.25) is 0 Å². The van der Waals surface area contributed by atoms with Crippen LogP contribution in [0.4, 0.5) is 22.0 Å². The molecule has 214 valence electrons. The average Bonchev–Trinajstić information content (AvgIpc) is 3.51. The summed E-state index contributed by atoms with van der Waals surface area (Å²) in [6.07, 6.45) is 0. The highest BCUT2D eigenvalue weighted by Crippen LogP contribution is 2.47. The number of methoxy groups -OCH3 is 1. The van der Waals surface area contributed by atoms with Crippen LogP contribution < -0.4 is 14.2 Å². The topological polar surface area (TPSA) is 105 Å². The molecule has 0 spiro atoms. The first-order valence-electron chi connectivity index (χ1n) is 11.7. The lowest BCUT2D eigenvalue weighted by atomic mass is 9.99. The number of benzene rings is 1. The largest absolute Gasteiger partial charge is 0.534 e. The van der Waals surface area contributed by atoms with Crippen molar-refractivity contribution in [2.24, 2.45) is 0 Å². The number of ether oxygens (including phenoxy) is 2. The molecule has 0 saturated heterocycles. The lowest BCUT2D eigenvalue weighted by Crippen LogP contribution is -2.36. The molecule has 1 N–H and O–H groups in total. The molecule has 1 aromatic carbocycles. The molecule has 9 nitrogen and oxygen atoms in total. The summed E-state index contributed by atoms with van der Waals surface area (Å²) < 4.78 is 110. The van der Waals surface area contributed by atoms with Gasteiger partial charge in [-0.05, 0) is 24.4 Å². The molecule has 0 fully saturated rings. The number of thiophene rings is 1. The minimum Gasteiger partial charge on any atom is -0.490 e. The normalized spacial score (nSPS) is 15.8. The smallest absolute Gasteiger partial charge is 0.490 e. The maximum atomic E-state index is 15.6. The van der Waals surface area contributed by atoms with Crippen molar-refractivity contribution in [1.82, 2.24) is 20.1 Å². The van der Waals surface area contributed by atoms with Crippen LogP contribution in [0, 0.1) is 11.6 Å². The summed E-state index contributed by atoms with van der Waals surface area (Å²) >= 11 is 0.967. The quantitative estimate of drug-likeness (QED) is 0.132. The molecule has 4 heterocycles. The predicted molar refractivity (Wildman–Crippen MR) is 135 cm³/mol. The van der Waals surface area contributed by atoms with Gasteiger partial charge in [0.1, 0.15) is 35.4 Å². The first-order valence-corrected chi connectivity index (χ1v) is 14.0. The molecule has 16 heteroatoms. The summed E-state index contributed by atoms with van der Waals surface area (Å²) in [5.74, 6) is -3.06. The number of rotatable bonds is 8. The molecule has 0 bridgehead atoms. The minimum absolute atomic E-state index is 0.0168. The van der Waals surface area contributed by atoms with Gasteiger partial charge in [0.15, 0.2) is 0 Å². The van der Waals surface area contributed by atoms with Gasteiger partial charge in [-0.1, -0.05) is 0 Å². The van der Waals surface area contributed by atoms with E-state index in [1.54, 1.807) is 10.7 Å². The SMILES string of the molecule is COCCOc1cc(F)cc(F)c1-c1c(-c2cc3n(n2)CC(C)NC3)nc(OS(=O)(=O)C(F)(F)F)c2ccsc12. The summed E-state index contributed by atoms with van der Waals surface area (Å²) in [4.78, 5) is 4.15. The van der Waals surface area contributed by atoms with Crippen molar-refractivity contribution in [2.45, 2.75) is 31.6 Å². The van der Waals surface area contributed by atoms with Gasteiger partial charge < -0.3 is 19.0 Å². The predicted octanol–water partition coefficient (Wildman–Crippen LogP) is 4.85. The number of aromatic nitrogens is 3. The third-order valence-electron chi connectivity index (χ3n) is 6.04. The monoisotopic (exact) mass is 604 g/mol. The lowest BCUT2D eigenvalue weighted by Gasteiger charge is -2.21. The standard InChI is InChI=1S/C24H21F5N4O5S2/c1-12-11-33-14(10-30-12)9-17(32-33)21-20(19-16(26)7-13(25)8-18(19)37-5-4-36-2)22-15(3-6-39-22)23(31-21)38-40(34,35)24(27,28)29/h3,6-9,12,30H,4-5,10-11H2,1-2H3. The molecular weight excluding hydrogens is 583 g/mol. The van der Waals surface area contributed by atoms with E-state index in [1.807, 2.05) is 6.92 Å². The third kappa shape index (κ3) is 5.23. The first-order chi connectivity index (χ1) is 18.9. The zero-order valence-electron chi connectivity index (χ0n) is 20.9. The highest BCUT2D eigenvalue weighted by Gasteiger charge is 2.49. The van der Waals surface area contributed by atoms with Crippen LogP contribution in [0.3, 0.4) is 0 Å². The number of hydrogen-bond acceptors (Lipinski definition) is 9. The molecular formula is C24H21F5N4O5S2. The Labute approximate surface area is 228 Å². The number of fused-ring (bicyclic) bond motifs is 2. The number of pyridine rings is 1. The second-order valence-corrected chi connectivity index (χ2v) is 11.3. The molecule has 1 aliphatic rings. The third-order valence-corrected chi connectivity index (χ3v) is 7.92. The van der Waals surface area contributed by atoms with E-state index >= 15 is 4.39 Å². The maximum Gasteiger partial charge on any atom is 0.534 e. The van der Waals surface area contributed by atoms with Gasteiger partial charge in [-0.3, -0.25) is 4.68 Å². The highest BCUT2D eigenvalue weighted by molar-refractivity contribution is 7.88. The fraction of sp³-hybridized carbons (Fsp3) is 0.333. The average molecular weight is 605 g/mol. The molecule has 0 amide bonds. The molecule has 0 aliphatic carbocycles. The first kappa shape index (κ1) is 28.2. The Morgan fingerprint density at radius 1 is 1.18 bits per heavy atom. The number of nitrogens with zero attached hydrogens (tertiary/aromatic N) is 3. The maximum absolute atomic E-state index is 15.6. The Hall–Kier alpha value is -3.34. The number of hydrogen-bond donors (Lipinski definition) is 1. The van der Waals surface area contributed by atoms with Crippen LogP contribution in [0.5, 0.6) is 11.6 Å². The molecule has 1 unspecified atom stereocenters. The van der Waals surface area contributed by atoms with Crippen molar-refractivity contribution in [3.05, 3.63) is 47.0 Å². The summed E-state index contributed by atoms with van der Waals surface area (Å²) in [5, 5.41) is 9.08. The molecule has 5 rings (SSSR count). The van der Waals surface area contributed by atoms with Gasteiger partial charge in [-0.2, -0.15) is 26.7 Å². The van der Waals surface area contributed by atoms with Crippen LogP contribution in [0.25, 0.3) is 32.6 Å². The van der Waals surface area contributed by atoms with Gasteiger partial charge in [0, 0.05) is 37.4 Å². The fourth-order valence-corrected chi connectivity index (χ4v) is 5.61. The van der Waals surface area contributed by atoms with E-state index in [1.165, 1.54) is 18.6 Å². The fourth-order valence-electron chi connectivity index (χ4n) is 4.24. The molecule has 40 heavy (non-hydrogen) atoms. The zero-order chi connectivity index (χ0) is 28.8. The molecule has 1 aliphatic heterocycles. The van der Waals surface area contributed by atoms with Crippen molar-refractivity contribution in [2.75, 3.05) is 20.3 Å². The van der Waals surface area contributed by atoms with Gasteiger partial charge in [-0.25, -0.2) is 13.8 Å². The van der Waals surface area contributed by atoms with Crippen molar-refractivity contribution < 1.29 is 44.0 Å². The molecule has 1 atom stereocenters. The lowest BCUT2D eigenvalue weighted by molar-refractivity contribution is -0.0500. The van der Waals surface area contributed by atoms with E-state index < -0.39 is 33.1 Å². The number of alkyl halides is 3. The van der Waals surface area contributed by atoms with Gasteiger partial charge in [0.25, 0.3) is 0 Å². The van der Waals surface area contributed by atoms with Crippen LogP contribution in [0.15, 0.2) is 29.6 Å². The molecule has 0 radical (unpaired) electrons. The van der Waals surface area contributed by atoms with E-state index in [0.717, 1.165) is 17.4 Å². The van der Waals surface area contributed by atoms with E-state index in [-0.39, 0.29) is 57.6 Å². The van der Waals surface area contributed by atoms with Gasteiger partial charge >= 0.3 is 15.6 Å². The molecule has 0 saturated carbocycles. The van der Waals surface area contributed by atoms with Crippen LogP contribution >= 0.6 is 11.3 Å². The van der Waals surface area contributed by atoms with Gasteiger partial charge in [0.2, 0.25) is 5.88 Å². The van der Waals surface area contributed by atoms with E-state index in [4.69, 9.17) is 9.47 Å². The Bertz CT molecular complexity index is 1690. The summed E-state index contributed by atoms with van der Waals surface area (Å²) in [6, 6.07) is 4.53. The second kappa shape index (κ2) is 10.6. The van der Waals surface area contributed by atoms with Crippen molar-refractivity contribution in [3.63, 3.8) is 0 Å². The highest BCUT2D eigenvalue weighted by atomic mass is 32.2. The van der Waals surface area contributed by atoms with E-state index in [0.29, 0.717) is 24.8 Å². The minimum atomic E-state index is -6.10.